The molecule has 0 heterocycles. The largest absolute Gasteiger partial charge is 0.390 e. The van der Waals surface area contributed by atoms with Crippen LogP contribution in [0.2, 0.25) is 0 Å². The smallest absolute Gasteiger partial charge is 0.171 e. The van der Waals surface area contributed by atoms with Gasteiger partial charge in [0.25, 0.3) is 0 Å². The van der Waals surface area contributed by atoms with E-state index >= 15 is 0 Å². The maximum absolute atomic E-state index is 12.1. The lowest BCUT2D eigenvalue weighted by Crippen LogP contribution is -2.25. The van der Waals surface area contributed by atoms with Gasteiger partial charge >= 0.3 is 6.18 Å². The number of hydrogen-bond acceptors (Lipinski definition) is 0. The molecule has 0 spiro atoms. The Labute approximate surface area is 139 Å². The summed E-state index contributed by atoms with van der Waals surface area (Å²) in [5.74, 6) is 8.91. The zero-order valence-electron chi connectivity index (χ0n) is 14.4. The van der Waals surface area contributed by atoms with Gasteiger partial charge in [-0.25, -0.2) is 0 Å². The lowest BCUT2D eigenvalue weighted by atomic mass is 9.69. The quantitative estimate of drug-likeness (QED) is 0.501. The van der Waals surface area contributed by atoms with Crippen molar-refractivity contribution in [1.82, 2.24) is 0 Å². The van der Waals surface area contributed by atoms with Crippen LogP contribution in [0.3, 0.4) is 0 Å². The molecule has 0 atom stereocenters. The summed E-state index contributed by atoms with van der Waals surface area (Å²) in [6, 6.07) is 0. The molecule has 0 saturated heterocycles. The van der Waals surface area contributed by atoms with Crippen LogP contribution in [0.15, 0.2) is 0 Å². The minimum atomic E-state index is -4.07. The van der Waals surface area contributed by atoms with Gasteiger partial charge in [0.05, 0.1) is 6.42 Å². The molecule has 2 rings (SSSR count). The van der Waals surface area contributed by atoms with Crippen molar-refractivity contribution in [3.8, 4) is 11.8 Å². The highest BCUT2D eigenvalue weighted by Crippen LogP contribution is 2.42. The van der Waals surface area contributed by atoms with E-state index in [9.17, 15) is 13.2 Å². The molecule has 0 bridgehead atoms. The van der Waals surface area contributed by atoms with Crippen molar-refractivity contribution in [3.05, 3.63) is 0 Å². The molecule has 2 aliphatic carbocycles. The van der Waals surface area contributed by atoms with Gasteiger partial charge in [0.15, 0.2) is 0 Å². The van der Waals surface area contributed by atoms with E-state index in [4.69, 9.17) is 0 Å². The number of alkyl halides is 3. The summed E-state index contributed by atoms with van der Waals surface area (Å²) >= 11 is 0. The van der Waals surface area contributed by atoms with Gasteiger partial charge in [0.2, 0.25) is 0 Å². The monoisotopic (exact) mass is 328 g/mol. The zero-order valence-corrected chi connectivity index (χ0v) is 14.4. The van der Waals surface area contributed by atoms with E-state index in [1.807, 2.05) is 0 Å². The minimum absolute atomic E-state index is 0.0368. The molecule has 0 aliphatic heterocycles. The maximum atomic E-state index is 12.1. The lowest BCUT2D eigenvalue weighted by Gasteiger charge is -2.37. The predicted molar refractivity (Wildman–Crippen MR) is 88.9 cm³/mol. The standard InChI is InChI=1S/C20H31F3/c1-2-5-16-7-11-18(12-8-16)19-13-9-17(10-14-19)6-3-4-15-20(21,22)23/h16-19H,2,4-5,7-15H2,1H3. The Kier molecular flexibility index (Phi) is 7.31. The van der Waals surface area contributed by atoms with Crippen molar-refractivity contribution < 1.29 is 13.2 Å². The average molecular weight is 328 g/mol. The molecule has 2 saturated carbocycles. The molecule has 132 valence electrons. The van der Waals surface area contributed by atoms with Crippen LogP contribution in [0, 0.1) is 35.5 Å². The van der Waals surface area contributed by atoms with E-state index in [0.29, 0.717) is 5.92 Å². The topological polar surface area (TPSA) is 0 Å². The van der Waals surface area contributed by atoms with Crippen molar-refractivity contribution in [3.63, 3.8) is 0 Å². The molecule has 23 heavy (non-hydrogen) atoms. The van der Waals surface area contributed by atoms with E-state index in [1.165, 1.54) is 51.4 Å². The highest BCUT2D eigenvalue weighted by Gasteiger charge is 2.30. The van der Waals surface area contributed by atoms with E-state index in [2.05, 4.69) is 18.8 Å². The number of halogens is 3. The third kappa shape index (κ3) is 6.77. The fourth-order valence-electron chi connectivity index (χ4n) is 4.51. The Morgan fingerprint density at radius 2 is 1.43 bits per heavy atom. The van der Waals surface area contributed by atoms with Gasteiger partial charge in [-0.2, -0.15) is 13.2 Å². The Bertz CT molecular complexity index is 385. The van der Waals surface area contributed by atoms with Gasteiger partial charge in [-0.15, -0.1) is 5.92 Å². The normalized spacial score (nSPS) is 32.2. The second-order valence-electron chi connectivity index (χ2n) is 7.62. The summed E-state index contributed by atoms with van der Waals surface area (Å²) in [7, 11) is 0. The highest BCUT2D eigenvalue weighted by molar-refractivity contribution is 5.05. The van der Waals surface area contributed by atoms with Crippen molar-refractivity contribution >= 4 is 0 Å². The van der Waals surface area contributed by atoms with E-state index in [1.54, 1.807) is 0 Å². The van der Waals surface area contributed by atoms with Gasteiger partial charge < -0.3 is 0 Å². The van der Waals surface area contributed by atoms with Crippen LogP contribution in [0.25, 0.3) is 0 Å². The first-order valence-corrected chi connectivity index (χ1v) is 9.53. The fraction of sp³-hybridized carbons (Fsp3) is 0.900. The van der Waals surface area contributed by atoms with Crippen molar-refractivity contribution in [2.75, 3.05) is 0 Å². The summed E-state index contributed by atoms with van der Waals surface area (Å²) in [6.45, 7) is 2.28. The molecule has 0 aromatic heterocycles. The van der Waals surface area contributed by atoms with Crippen LogP contribution in [-0.2, 0) is 0 Å². The van der Waals surface area contributed by atoms with Gasteiger partial charge in [-0.05, 0) is 56.3 Å². The molecule has 3 heteroatoms. The van der Waals surface area contributed by atoms with Crippen molar-refractivity contribution in [2.45, 2.75) is 90.1 Å². The molecule has 0 radical (unpaired) electrons. The molecule has 0 amide bonds. The molecular weight excluding hydrogens is 297 g/mol. The summed E-state index contributed by atoms with van der Waals surface area (Å²) in [5, 5.41) is 0. The Morgan fingerprint density at radius 1 is 0.870 bits per heavy atom. The van der Waals surface area contributed by atoms with Gasteiger partial charge in [0.1, 0.15) is 0 Å². The SMILES string of the molecule is CCCC1CCC(C2CCC(C#CCCC(F)(F)F)CC2)CC1. The summed E-state index contributed by atoms with van der Waals surface area (Å²) in [5.41, 5.74) is 0. The second kappa shape index (κ2) is 9.00. The van der Waals surface area contributed by atoms with Gasteiger partial charge in [-0.3, -0.25) is 0 Å². The van der Waals surface area contributed by atoms with Gasteiger partial charge in [0, 0.05) is 12.3 Å². The molecule has 2 aliphatic rings. The van der Waals surface area contributed by atoms with E-state index in [-0.39, 0.29) is 6.42 Å². The highest BCUT2D eigenvalue weighted by atomic mass is 19.4. The third-order valence-corrected chi connectivity index (χ3v) is 5.87. The van der Waals surface area contributed by atoms with E-state index < -0.39 is 12.6 Å². The van der Waals surface area contributed by atoms with E-state index in [0.717, 1.165) is 30.6 Å². The molecule has 0 nitrogen and oxygen atoms in total. The van der Waals surface area contributed by atoms with Crippen LogP contribution < -0.4 is 0 Å². The van der Waals surface area contributed by atoms with Gasteiger partial charge in [-0.1, -0.05) is 38.5 Å². The Balaban J connectivity index is 1.65. The number of hydrogen-bond donors (Lipinski definition) is 0. The maximum Gasteiger partial charge on any atom is 0.390 e. The molecule has 0 N–H and O–H groups in total. The van der Waals surface area contributed by atoms with Crippen LogP contribution in [-0.4, -0.2) is 6.18 Å². The first kappa shape index (κ1) is 18.7. The third-order valence-electron chi connectivity index (χ3n) is 5.87. The summed E-state index contributed by atoms with van der Waals surface area (Å²) in [6.07, 6.45) is 8.13. The minimum Gasteiger partial charge on any atom is -0.171 e. The molecule has 0 aromatic carbocycles. The molecule has 0 aromatic rings. The predicted octanol–water partition coefficient (Wildman–Crippen LogP) is 6.75. The zero-order chi connectivity index (χ0) is 16.7. The first-order chi connectivity index (χ1) is 11.0. The summed E-state index contributed by atoms with van der Waals surface area (Å²) < 4.78 is 36.3. The molecular formula is C20H31F3. The second-order valence-corrected chi connectivity index (χ2v) is 7.62. The average Bonchev–Trinajstić information content (AvgIpc) is 2.52. The number of rotatable bonds is 4. The molecule has 0 unspecified atom stereocenters. The van der Waals surface area contributed by atoms with Crippen molar-refractivity contribution in [2.24, 2.45) is 23.7 Å². The van der Waals surface area contributed by atoms with Crippen LogP contribution in [0.5, 0.6) is 0 Å². The molecule has 2 fully saturated rings. The van der Waals surface area contributed by atoms with Crippen molar-refractivity contribution in [1.29, 1.82) is 0 Å². The fourth-order valence-corrected chi connectivity index (χ4v) is 4.51. The Hall–Kier alpha value is -0.650. The first-order valence-electron chi connectivity index (χ1n) is 9.53. The lowest BCUT2D eigenvalue weighted by molar-refractivity contribution is -0.133. The summed E-state index contributed by atoms with van der Waals surface area (Å²) in [4.78, 5) is 0. The van der Waals surface area contributed by atoms with Crippen LogP contribution >= 0.6 is 0 Å². The van der Waals surface area contributed by atoms with Crippen LogP contribution in [0.4, 0.5) is 13.2 Å². The van der Waals surface area contributed by atoms with Crippen LogP contribution in [0.1, 0.15) is 84.0 Å². The Morgan fingerprint density at radius 3 is 1.96 bits per heavy atom.